The van der Waals surface area contributed by atoms with Crippen molar-refractivity contribution in [1.29, 1.82) is 0 Å². The van der Waals surface area contributed by atoms with Crippen LogP contribution in [-0.4, -0.2) is 27.1 Å². The molecule has 0 aliphatic carbocycles. The lowest BCUT2D eigenvalue weighted by Gasteiger charge is -2.23. The summed E-state index contributed by atoms with van der Waals surface area (Å²) in [5.74, 6) is -2.23. The molecule has 0 radical (unpaired) electrons. The zero-order valence-electron chi connectivity index (χ0n) is 10.3. The first kappa shape index (κ1) is 14.7. The van der Waals surface area contributed by atoms with Gasteiger partial charge in [0.1, 0.15) is 10.1 Å². The van der Waals surface area contributed by atoms with Gasteiger partial charge in [-0.05, 0) is 30.7 Å². The Kier molecular flexibility index (Phi) is 4.20. The van der Waals surface area contributed by atoms with Gasteiger partial charge in [0, 0.05) is 0 Å². The Bertz CT molecular complexity index is 613. The predicted octanol–water partition coefficient (Wildman–Crippen LogP) is 1.17. The van der Waals surface area contributed by atoms with Crippen LogP contribution in [0.5, 0.6) is 0 Å². The lowest BCUT2D eigenvalue weighted by molar-refractivity contribution is -0.309. The largest absolute Gasteiger partial charge is 0.548 e. The number of amides is 1. The van der Waals surface area contributed by atoms with Crippen molar-refractivity contribution in [2.45, 2.75) is 13.0 Å². The molecule has 1 amide bonds. The highest BCUT2D eigenvalue weighted by Crippen LogP contribution is 2.33. The van der Waals surface area contributed by atoms with Gasteiger partial charge in [0.2, 0.25) is 0 Å². The van der Waals surface area contributed by atoms with Gasteiger partial charge in [-0.1, -0.05) is 36.1 Å². The lowest BCUT2D eigenvalue weighted by Crippen LogP contribution is -2.48. The first-order chi connectivity index (χ1) is 9.40. The summed E-state index contributed by atoms with van der Waals surface area (Å²) in [4.78, 5) is 24.3. The van der Waals surface area contributed by atoms with E-state index in [0.717, 1.165) is 16.7 Å². The van der Waals surface area contributed by atoms with Crippen LogP contribution in [0.1, 0.15) is 12.5 Å². The van der Waals surface area contributed by atoms with E-state index < -0.39 is 17.9 Å². The van der Waals surface area contributed by atoms with Crippen LogP contribution in [0.15, 0.2) is 29.2 Å². The van der Waals surface area contributed by atoms with Crippen LogP contribution in [-0.2, 0) is 9.59 Å². The maximum atomic E-state index is 12.8. The number of carbonyl (C=O) groups excluding carboxylic acids is 2. The molecule has 0 spiro atoms. The van der Waals surface area contributed by atoms with E-state index in [9.17, 15) is 19.1 Å². The zero-order chi connectivity index (χ0) is 14.9. The molecular formula is C13H9FNO3S2-. The highest BCUT2D eigenvalue weighted by Gasteiger charge is 2.35. The molecule has 0 saturated carbocycles. The number of hydrogen-bond donors (Lipinski definition) is 0. The predicted molar refractivity (Wildman–Crippen MR) is 75.9 cm³/mol. The molecule has 104 valence electrons. The van der Waals surface area contributed by atoms with E-state index in [4.69, 9.17) is 12.2 Å². The zero-order valence-corrected chi connectivity index (χ0v) is 12.0. The van der Waals surface area contributed by atoms with E-state index in [0.29, 0.717) is 10.5 Å². The number of thiocarbonyl (C=S) groups is 1. The van der Waals surface area contributed by atoms with Crippen LogP contribution in [0.25, 0.3) is 6.08 Å². The fourth-order valence-electron chi connectivity index (χ4n) is 1.63. The summed E-state index contributed by atoms with van der Waals surface area (Å²) in [5.41, 5.74) is 0.632. The minimum absolute atomic E-state index is 0.167. The number of hydrogen-bond acceptors (Lipinski definition) is 5. The number of rotatable bonds is 3. The number of carboxylic acid groups (broad SMARTS) is 1. The molecule has 1 aromatic carbocycles. The van der Waals surface area contributed by atoms with Gasteiger partial charge < -0.3 is 9.90 Å². The number of carboxylic acids is 1. The number of benzene rings is 1. The summed E-state index contributed by atoms with van der Waals surface area (Å²) in [5, 5.41) is 10.8. The molecule has 1 saturated heterocycles. The molecule has 0 bridgehead atoms. The van der Waals surface area contributed by atoms with Crippen LogP contribution in [0, 0.1) is 5.82 Å². The van der Waals surface area contributed by atoms with E-state index >= 15 is 0 Å². The minimum atomic E-state index is -1.37. The van der Waals surface area contributed by atoms with Crippen molar-refractivity contribution in [2.75, 3.05) is 0 Å². The maximum Gasteiger partial charge on any atom is 0.266 e. The van der Waals surface area contributed by atoms with Gasteiger partial charge in [-0.2, -0.15) is 0 Å². The number of halogens is 1. The summed E-state index contributed by atoms with van der Waals surface area (Å²) in [7, 11) is 0. The van der Waals surface area contributed by atoms with Crippen molar-refractivity contribution in [3.63, 3.8) is 0 Å². The molecule has 20 heavy (non-hydrogen) atoms. The van der Waals surface area contributed by atoms with E-state index in [1.54, 1.807) is 6.08 Å². The molecule has 2 rings (SSSR count). The number of carbonyl (C=O) groups is 2. The van der Waals surface area contributed by atoms with Crippen LogP contribution in [0.2, 0.25) is 0 Å². The highest BCUT2D eigenvalue weighted by molar-refractivity contribution is 8.26. The Morgan fingerprint density at radius 2 is 2.05 bits per heavy atom. The van der Waals surface area contributed by atoms with Gasteiger partial charge >= 0.3 is 0 Å². The SMILES string of the molecule is C[C@H](C(=O)[O-])N1C(=O)/C(=C/c2ccc(F)cc2)SC1=S. The summed E-state index contributed by atoms with van der Waals surface area (Å²) in [6.45, 7) is 1.33. The smallest absolute Gasteiger partial charge is 0.266 e. The topological polar surface area (TPSA) is 60.4 Å². The van der Waals surface area contributed by atoms with Crippen molar-refractivity contribution < 1.29 is 19.1 Å². The summed E-state index contributed by atoms with van der Waals surface area (Å²) < 4.78 is 13.0. The molecule has 1 atom stereocenters. The molecule has 7 heteroatoms. The normalized spacial score (nSPS) is 18.7. The second-order valence-electron chi connectivity index (χ2n) is 4.10. The molecule has 0 unspecified atom stereocenters. The average molecular weight is 310 g/mol. The third kappa shape index (κ3) is 2.88. The molecule has 1 aliphatic heterocycles. The third-order valence-corrected chi connectivity index (χ3v) is 4.05. The van der Waals surface area contributed by atoms with Gasteiger partial charge in [0.15, 0.2) is 0 Å². The number of nitrogens with zero attached hydrogens (tertiary/aromatic N) is 1. The van der Waals surface area contributed by atoms with Crippen LogP contribution in [0.3, 0.4) is 0 Å². The Morgan fingerprint density at radius 1 is 1.45 bits per heavy atom. The second-order valence-corrected chi connectivity index (χ2v) is 5.77. The Labute approximate surface area is 124 Å². The van der Waals surface area contributed by atoms with Gasteiger partial charge in [0.05, 0.1) is 16.9 Å². The van der Waals surface area contributed by atoms with Crippen molar-refractivity contribution >= 4 is 46.3 Å². The van der Waals surface area contributed by atoms with E-state index in [2.05, 4.69) is 0 Å². The van der Waals surface area contributed by atoms with E-state index in [1.165, 1.54) is 31.2 Å². The van der Waals surface area contributed by atoms with Gasteiger partial charge in [-0.25, -0.2) is 4.39 Å². The van der Waals surface area contributed by atoms with Crippen molar-refractivity contribution in [2.24, 2.45) is 0 Å². The molecule has 1 aliphatic rings. The van der Waals surface area contributed by atoms with Gasteiger partial charge in [-0.3, -0.25) is 9.69 Å². The maximum absolute atomic E-state index is 12.8. The summed E-state index contributed by atoms with van der Waals surface area (Å²) >= 11 is 6.01. The molecular weight excluding hydrogens is 301 g/mol. The average Bonchev–Trinajstić information content (AvgIpc) is 2.66. The number of aliphatic carboxylic acids is 1. The number of thioether (sulfide) groups is 1. The van der Waals surface area contributed by atoms with Crippen molar-refractivity contribution in [3.8, 4) is 0 Å². The standard InChI is InChI=1S/C13H10FNO3S2/c1-7(12(17)18)15-11(16)10(20-13(15)19)6-8-2-4-9(14)5-3-8/h2-7H,1H3,(H,17,18)/p-1/b10-6-/t7-/m1/s1. The molecule has 0 aromatic heterocycles. The van der Waals surface area contributed by atoms with Gasteiger partial charge in [0.25, 0.3) is 5.91 Å². The fourth-order valence-corrected chi connectivity index (χ4v) is 3.05. The van der Waals surface area contributed by atoms with E-state index in [-0.39, 0.29) is 10.1 Å². The molecule has 1 aromatic rings. The Hall–Kier alpha value is -1.73. The fraction of sp³-hybridized carbons (Fsp3) is 0.154. The van der Waals surface area contributed by atoms with Crippen LogP contribution < -0.4 is 5.11 Å². The molecule has 1 heterocycles. The monoisotopic (exact) mass is 310 g/mol. The van der Waals surface area contributed by atoms with Crippen LogP contribution >= 0.6 is 24.0 Å². The Balaban J connectivity index is 2.28. The molecule has 4 nitrogen and oxygen atoms in total. The first-order valence-electron chi connectivity index (χ1n) is 5.63. The van der Waals surface area contributed by atoms with E-state index in [1.807, 2.05) is 0 Å². The highest BCUT2D eigenvalue weighted by atomic mass is 32.2. The Morgan fingerprint density at radius 3 is 2.60 bits per heavy atom. The quantitative estimate of drug-likeness (QED) is 0.619. The van der Waals surface area contributed by atoms with Crippen LogP contribution in [0.4, 0.5) is 4.39 Å². The third-order valence-electron chi connectivity index (χ3n) is 2.72. The first-order valence-corrected chi connectivity index (χ1v) is 6.86. The minimum Gasteiger partial charge on any atom is -0.548 e. The van der Waals surface area contributed by atoms with Crippen molar-refractivity contribution in [1.82, 2.24) is 4.90 Å². The summed E-state index contributed by atoms with van der Waals surface area (Å²) in [6, 6.07) is 4.46. The summed E-state index contributed by atoms with van der Waals surface area (Å²) in [6.07, 6.45) is 1.54. The second kappa shape index (κ2) is 5.72. The molecule has 1 fully saturated rings. The molecule has 0 N–H and O–H groups in total. The van der Waals surface area contributed by atoms with Crippen molar-refractivity contribution in [3.05, 3.63) is 40.6 Å². The van der Waals surface area contributed by atoms with Gasteiger partial charge in [-0.15, -0.1) is 0 Å². The lowest BCUT2D eigenvalue weighted by atomic mass is 10.2.